The molecule has 0 radical (unpaired) electrons. The summed E-state index contributed by atoms with van der Waals surface area (Å²) in [5.41, 5.74) is 9.69. The van der Waals surface area contributed by atoms with Gasteiger partial charge in [-0.25, -0.2) is 0 Å². The summed E-state index contributed by atoms with van der Waals surface area (Å²) in [7, 11) is 0. The first kappa shape index (κ1) is 13.8. The SMILES string of the molecule is CC(C)(CN)C(c1ccccc1)c1ccc2[nH]ncc2c1. The molecule has 3 heteroatoms. The van der Waals surface area contributed by atoms with E-state index in [1.54, 1.807) is 0 Å². The van der Waals surface area contributed by atoms with Crippen LogP contribution in [0.2, 0.25) is 0 Å². The number of fused-ring (bicyclic) bond motifs is 1. The standard InChI is InChI=1S/C18H21N3/c1-18(2,12-19)17(13-6-4-3-5-7-13)14-8-9-16-15(10-14)11-20-21-16/h3-11,17H,12,19H2,1-2H3,(H,20,21). The van der Waals surface area contributed by atoms with E-state index in [0.717, 1.165) is 10.9 Å². The first-order valence-electron chi connectivity index (χ1n) is 7.30. The van der Waals surface area contributed by atoms with Gasteiger partial charge in [0.1, 0.15) is 0 Å². The van der Waals surface area contributed by atoms with Crippen molar-refractivity contribution in [1.29, 1.82) is 0 Å². The van der Waals surface area contributed by atoms with Crippen molar-refractivity contribution in [1.82, 2.24) is 10.2 Å². The molecule has 0 aliphatic heterocycles. The third-order valence-electron chi connectivity index (χ3n) is 4.24. The van der Waals surface area contributed by atoms with Crippen LogP contribution in [0.1, 0.15) is 30.9 Å². The molecule has 0 bridgehead atoms. The minimum atomic E-state index is -0.0151. The van der Waals surface area contributed by atoms with Gasteiger partial charge in [-0.05, 0) is 35.2 Å². The molecular formula is C18H21N3. The number of rotatable bonds is 4. The fourth-order valence-electron chi connectivity index (χ4n) is 3.00. The van der Waals surface area contributed by atoms with Crippen molar-refractivity contribution in [3.05, 3.63) is 65.9 Å². The summed E-state index contributed by atoms with van der Waals surface area (Å²) >= 11 is 0. The minimum Gasteiger partial charge on any atom is -0.330 e. The lowest BCUT2D eigenvalue weighted by atomic mass is 9.71. The van der Waals surface area contributed by atoms with Crippen LogP contribution in [0.3, 0.4) is 0 Å². The zero-order chi connectivity index (χ0) is 14.9. The Morgan fingerprint density at radius 3 is 2.57 bits per heavy atom. The molecule has 108 valence electrons. The molecule has 0 amide bonds. The lowest BCUT2D eigenvalue weighted by Gasteiger charge is -2.34. The van der Waals surface area contributed by atoms with Crippen LogP contribution in [0, 0.1) is 5.41 Å². The zero-order valence-corrected chi connectivity index (χ0v) is 12.5. The largest absolute Gasteiger partial charge is 0.330 e. The summed E-state index contributed by atoms with van der Waals surface area (Å²) in [5.74, 6) is 0.267. The second kappa shape index (κ2) is 5.34. The number of nitrogens with one attached hydrogen (secondary N) is 1. The number of hydrogen-bond acceptors (Lipinski definition) is 2. The molecule has 1 heterocycles. The number of hydrogen-bond donors (Lipinski definition) is 2. The summed E-state index contributed by atoms with van der Waals surface area (Å²) in [5, 5.41) is 8.25. The van der Waals surface area contributed by atoms with Crippen molar-refractivity contribution in [3.63, 3.8) is 0 Å². The van der Waals surface area contributed by atoms with E-state index in [1.807, 2.05) is 6.20 Å². The first-order valence-corrected chi connectivity index (χ1v) is 7.30. The molecule has 0 saturated heterocycles. The predicted octanol–water partition coefficient (Wildman–Crippen LogP) is 3.68. The Kier molecular flexibility index (Phi) is 3.52. The van der Waals surface area contributed by atoms with E-state index in [1.165, 1.54) is 11.1 Å². The van der Waals surface area contributed by atoms with Crippen molar-refractivity contribution in [2.24, 2.45) is 11.1 Å². The topological polar surface area (TPSA) is 54.7 Å². The number of benzene rings is 2. The summed E-state index contributed by atoms with van der Waals surface area (Å²) in [6.07, 6.45) is 1.87. The maximum absolute atomic E-state index is 6.06. The average molecular weight is 279 g/mol. The van der Waals surface area contributed by atoms with Gasteiger partial charge in [0.25, 0.3) is 0 Å². The van der Waals surface area contributed by atoms with Gasteiger partial charge in [-0.1, -0.05) is 50.2 Å². The number of aromatic amines is 1. The quantitative estimate of drug-likeness (QED) is 0.765. The monoisotopic (exact) mass is 279 g/mol. The second-order valence-electron chi connectivity index (χ2n) is 6.25. The van der Waals surface area contributed by atoms with Crippen molar-refractivity contribution < 1.29 is 0 Å². The lowest BCUT2D eigenvalue weighted by molar-refractivity contribution is 0.330. The van der Waals surface area contributed by atoms with E-state index in [4.69, 9.17) is 5.73 Å². The second-order valence-corrected chi connectivity index (χ2v) is 6.25. The van der Waals surface area contributed by atoms with Crippen molar-refractivity contribution >= 4 is 10.9 Å². The van der Waals surface area contributed by atoms with Crippen molar-refractivity contribution in [2.75, 3.05) is 6.54 Å². The summed E-state index contributed by atoms with van der Waals surface area (Å²) in [6.45, 7) is 5.09. The van der Waals surface area contributed by atoms with Crippen LogP contribution >= 0.6 is 0 Å². The third-order valence-corrected chi connectivity index (χ3v) is 4.24. The molecule has 0 aliphatic rings. The maximum atomic E-state index is 6.06. The normalized spacial score (nSPS) is 13.5. The van der Waals surface area contributed by atoms with Crippen LogP contribution in [0.5, 0.6) is 0 Å². The molecule has 0 spiro atoms. The highest BCUT2D eigenvalue weighted by molar-refractivity contribution is 5.78. The highest BCUT2D eigenvalue weighted by atomic mass is 15.1. The Morgan fingerprint density at radius 1 is 1.10 bits per heavy atom. The third kappa shape index (κ3) is 2.57. The fraction of sp³-hybridized carbons (Fsp3) is 0.278. The fourth-order valence-corrected chi connectivity index (χ4v) is 3.00. The summed E-state index contributed by atoms with van der Waals surface area (Å²) in [6, 6.07) is 17.1. The number of nitrogens with two attached hydrogens (primary N) is 1. The molecule has 21 heavy (non-hydrogen) atoms. The van der Waals surface area contributed by atoms with Crippen LogP contribution in [0.25, 0.3) is 10.9 Å². The van der Waals surface area contributed by atoms with Gasteiger partial charge in [-0.3, -0.25) is 5.10 Å². The van der Waals surface area contributed by atoms with Crippen LogP contribution in [0.4, 0.5) is 0 Å². The molecule has 1 atom stereocenters. The van der Waals surface area contributed by atoms with E-state index >= 15 is 0 Å². The average Bonchev–Trinajstić information content (AvgIpc) is 2.96. The Balaban J connectivity index is 2.14. The number of aromatic nitrogens is 2. The summed E-state index contributed by atoms with van der Waals surface area (Å²) < 4.78 is 0. The Hall–Kier alpha value is -2.13. The van der Waals surface area contributed by atoms with Crippen LogP contribution in [-0.2, 0) is 0 Å². The zero-order valence-electron chi connectivity index (χ0n) is 12.5. The van der Waals surface area contributed by atoms with E-state index in [0.29, 0.717) is 6.54 Å². The van der Waals surface area contributed by atoms with E-state index in [-0.39, 0.29) is 11.3 Å². The smallest absolute Gasteiger partial charge is 0.0650 e. The molecule has 2 aromatic carbocycles. The highest BCUT2D eigenvalue weighted by Crippen LogP contribution is 2.40. The molecule has 3 aromatic rings. The van der Waals surface area contributed by atoms with Gasteiger partial charge in [0, 0.05) is 11.3 Å². The molecule has 3 rings (SSSR count). The Labute approximate surface area is 125 Å². The van der Waals surface area contributed by atoms with E-state index < -0.39 is 0 Å². The van der Waals surface area contributed by atoms with Gasteiger partial charge >= 0.3 is 0 Å². The highest BCUT2D eigenvalue weighted by Gasteiger charge is 2.31. The predicted molar refractivity (Wildman–Crippen MR) is 87.2 cm³/mol. The van der Waals surface area contributed by atoms with E-state index in [2.05, 4.69) is 72.6 Å². The molecule has 3 nitrogen and oxygen atoms in total. The first-order chi connectivity index (χ1) is 10.1. The Morgan fingerprint density at radius 2 is 1.86 bits per heavy atom. The number of nitrogens with zero attached hydrogens (tertiary/aromatic N) is 1. The molecule has 0 fully saturated rings. The van der Waals surface area contributed by atoms with Gasteiger partial charge in [0.2, 0.25) is 0 Å². The van der Waals surface area contributed by atoms with Crippen LogP contribution in [0.15, 0.2) is 54.7 Å². The van der Waals surface area contributed by atoms with Crippen LogP contribution in [-0.4, -0.2) is 16.7 Å². The minimum absolute atomic E-state index is 0.0151. The van der Waals surface area contributed by atoms with Crippen molar-refractivity contribution in [3.8, 4) is 0 Å². The van der Waals surface area contributed by atoms with Crippen LogP contribution < -0.4 is 5.73 Å². The molecule has 1 unspecified atom stereocenters. The van der Waals surface area contributed by atoms with Gasteiger partial charge in [-0.15, -0.1) is 0 Å². The molecule has 0 aliphatic carbocycles. The lowest BCUT2D eigenvalue weighted by Crippen LogP contribution is -2.31. The summed E-state index contributed by atoms with van der Waals surface area (Å²) in [4.78, 5) is 0. The molecular weight excluding hydrogens is 258 g/mol. The number of H-pyrrole nitrogens is 1. The maximum Gasteiger partial charge on any atom is 0.0650 e. The molecule has 1 aromatic heterocycles. The van der Waals surface area contributed by atoms with Crippen molar-refractivity contribution in [2.45, 2.75) is 19.8 Å². The molecule has 0 saturated carbocycles. The van der Waals surface area contributed by atoms with Gasteiger partial charge in [0.15, 0.2) is 0 Å². The molecule has 3 N–H and O–H groups in total. The van der Waals surface area contributed by atoms with Gasteiger partial charge in [0.05, 0.1) is 11.7 Å². The Bertz CT molecular complexity index is 728. The van der Waals surface area contributed by atoms with Gasteiger partial charge in [-0.2, -0.15) is 5.10 Å². The van der Waals surface area contributed by atoms with E-state index in [9.17, 15) is 0 Å². The van der Waals surface area contributed by atoms with Gasteiger partial charge < -0.3 is 5.73 Å².